The maximum atomic E-state index is 11.3. The Morgan fingerprint density at radius 2 is 1.60 bits per heavy atom. The molecule has 1 amide bonds. The van der Waals surface area contributed by atoms with Crippen LogP contribution in [0.15, 0.2) is 0 Å². The molecule has 0 aromatic heterocycles. The molecule has 5 atom stereocenters. The average molecular weight is 367 g/mol. The fourth-order valence-corrected chi connectivity index (χ4v) is 1.91. The molecule has 12 nitrogen and oxygen atoms in total. The number of aliphatic carboxylic acids is 1. The molecule has 0 radical (unpaired) electrons. The van der Waals surface area contributed by atoms with Gasteiger partial charge in [-0.2, -0.15) is 0 Å². The summed E-state index contributed by atoms with van der Waals surface area (Å²) in [5, 5.41) is 58.2. The van der Waals surface area contributed by atoms with Gasteiger partial charge in [-0.05, 0) is 0 Å². The number of carboxylic acids is 1. The zero-order chi connectivity index (χ0) is 19.7. The molecule has 0 heterocycles. The van der Waals surface area contributed by atoms with Gasteiger partial charge in [0.2, 0.25) is 11.7 Å². The Balaban J connectivity index is 5.34. The molecule has 0 aromatic rings. The van der Waals surface area contributed by atoms with Gasteiger partial charge < -0.3 is 40.7 Å². The van der Waals surface area contributed by atoms with Gasteiger partial charge in [-0.25, -0.2) is 4.79 Å². The fraction of sp³-hybridized carbons (Fsp3) is 0.692. The van der Waals surface area contributed by atoms with Crippen molar-refractivity contribution < 1.29 is 54.6 Å². The smallest absolute Gasteiger partial charge is 0.372 e. The van der Waals surface area contributed by atoms with Crippen molar-refractivity contribution in [1.82, 2.24) is 5.32 Å². The highest BCUT2D eigenvalue weighted by Gasteiger charge is 2.39. The lowest BCUT2D eigenvalue weighted by atomic mass is 9.94. The van der Waals surface area contributed by atoms with Crippen LogP contribution in [0, 0.1) is 0 Å². The first-order chi connectivity index (χ1) is 11.5. The van der Waals surface area contributed by atoms with Crippen molar-refractivity contribution >= 4 is 23.6 Å². The number of amides is 1. The number of Topliss-reactive ketones (excluding diaryl/α,β-unsaturated/α-hetero) is 1. The van der Waals surface area contributed by atoms with E-state index in [2.05, 4.69) is 4.74 Å². The molecule has 144 valence electrons. The number of rotatable bonds is 11. The van der Waals surface area contributed by atoms with Crippen LogP contribution in [0.1, 0.15) is 13.3 Å². The second kappa shape index (κ2) is 10.7. The number of carbonyl (C=O) groups is 4. The largest absolute Gasteiger partial charge is 0.475 e. The summed E-state index contributed by atoms with van der Waals surface area (Å²) in [6, 6.07) is -1.80. The zero-order valence-corrected chi connectivity index (χ0v) is 13.2. The normalized spacial score (nSPS) is 16.9. The number of carbonyl (C=O) groups excluding carboxylic acids is 3. The van der Waals surface area contributed by atoms with E-state index in [0.29, 0.717) is 0 Å². The van der Waals surface area contributed by atoms with E-state index < -0.39 is 73.7 Å². The fourth-order valence-electron chi connectivity index (χ4n) is 1.91. The third-order valence-corrected chi connectivity index (χ3v) is 3.11. The van der Waals surface area contributed by atoms with Crippen molar-refractivity contribution in [2.75, 3.05) is 13.2 Å². The first-order valence-corrected chi connectivity index (χ1v) is 7.03. The maximum absolute atomic E-state index is 11.3. The van der Waals surface area contributed by atoms with Gasteiger partial charge in [0.15, 0.2) is 6.10 Å². The Morgan fingerprint density at radius 1 is 1.04 bits per heavy atom. The highest BCUT2D eigenvalue weighted by Crippen LogP contribution is 2.13. The van der Waals surface area contributed by atoms with Crippen molar-refractivity contribution in [1.29, 1.82) is 0 Å². The number of aliphatic hydroxyl groups is 5. The first kappa shape index (κ1) is 22.9. The van der Waals surface area contributed by atoms with Gasteiger partial charge in [0.25, 0.3) is 0 Å². The summed E-state index contributed by atoms with van der Waals surface area (Å²) in [4.78, 5) is 43.9. The molecule has 0 aliphatic heterocycles. The molecule has 0 aromatic carbocycles. The number of ketones is 1. The van der Waals surface area contributed by atoms with Crippen molar-refractivity contribution in [3.8, 4) is 0 Å². The summed E-state index contributed by atoms with van der Waals surface area (Å²) in [6.07, 6.45) is -8.69. The molecule has 0 saturated heterocycles. The second-order valence-corrected chi connectivity index (χ2v) is 5.06. The van der Waals surface area contributed by atoms with Crippen LogP contribution in [0.5, 0.6) is 0 Å². The molecule has 0 bridgehead atoms. The third-order valence-electron chi connectivity index (χ3n) is 3.11. The lowest BCUT2D eigenvalue weighted by Gasteiger charge is -2.33. The van der Waals surface area contributed by atoms with Gasteiger partial charge in [-0.1, -0.05) is 0 Å². The van der Waals surface area contributed by atoms with Crippen LogP contribution in [-0.2, 0) is 23.9 Å². The van der Waals surface area contributed by atoms with E-state index in [1.165, 1.54) is 0 Å². The van der Waals surface area contributed by atoms with Crippen LogP contribution in [0.2, 0.25) is 0 Å². The molecular weight excluding hydrogens is 346 g/mol. The Bertz CT molecular complexity index is 494. The molecule has 0 aliphatic rings. The number of hydrogen-bond acceptors (Lipinski definition) is 10. The molecule has 25 heavy (non-hydrogen) atoms. The summed E-state index contributed by atoms with van der Waals surface area (Å²) < 4.78 is 4.56. The highest BCUT2D eigenvalue weighted by atomic mass is 16.6. The van der Waals surface area contributed by atoms with Crippen molar-refractivity contribution in [3.63, 3.8) is 0 Å². The van der Waals surface area contributed by atoms with Crippen LogP contribution in [-0.4, -0.2) is 97.9 Å². The van der Waals surface area contributed by atoms with E-state index in [-0.39, 0.29) is 0 Å². The molecule has 0 spiro atoms. The number of esters is 1. The quantitative estimate of drug-likeness (QED) is 0.137. The summed E-state index contributed by atoms with van der Waals surface area (Å²) in [5.41, 5.74) is 0. The number of nitrogens with one attached hydrogen (secondary N) is 1. The van der Waals surface area contributed by atoms with E-state index >= 15 is 0 Å². The van der Waals surface area contributed by atoms with E-state index in [1.807, 2.05) is 5.32 Å². The van der Waals surface area contributed by atoms with Gasteiger partial charge in [-0.3, -0.25) is 14.4 Å². The number of carboxylic acid groups (broad SMARTS) is 1. The minimum Gasteiger partial charge on any atom is -0.475 e. The lowest BCUT2D eigenvalue weighted by Crippen LogP contribution is -2.58. The second-order valence-electron chi connectivity index (χ2n) is 5.06. The third kappa shape index (κ3) is 7.53. The Labute approximate surface area is 141 Å². The number of ether oxygens (including phenoxy) is 1. The van der Waals surface area contributed by atoms with Gasteiger partial charge in [0, 0.05) is 13.3 Å². The number of aliphatic hydroxyl groups excluding tert-OH is 5. The highest BCUT2D eigenvalue weighted by molar-refractivity contribution is 6.32. The standard InChI is InChI=1S/C13H21NO11/c1-5(17)25-8(3-15)11(21)12(22)10(14-9(20)4-16)6(18)2-7(19)13(23)24/h6,8,10-12,15-16,18,21-22H,2-4H2,1H3,(H,14,20)(H,23,24)/t6-,8+,10+,11+,12+/m0/s1. The molecule has 0 aliphatic carbocycles. The van der Waals surface area contributed by atoms with Gasteiger partial charge in [0.05, 0.1) is 18.8 Å². The molecule has 7 N–H and O–H groups in total. The molecule has 0 unspecified atom stereocenters. The Kier molecular flexibility index (Phi) is 9.78. The first-order valence-electron chi connectivity index (χ1n) is 7.03. The van der Waals surface area contributed by atoms with Crippen molar-refractivity contribution in [3.05, 3.63) is 0 Å². The van der Waals surface area contributed by atoms with Crippen LogP contribution in [0.4, 0.5) is 0 Å². The summed E-state index contributed by atoms with van der Waals surface area (Å²) >= 11 is 0. The number of hydrogen-bond donors (Lipinski definition) is 7. The SMILES string of the molecule is CC(=O)O[C@H](CO)[C@@H](O)[C@H](O)[C@H](NC(=O)CO)[C@@H](O)CC(=O)C(=O)O. The van der Waals surface area contributed by atoms with Crippen molar-refractivity contribution in [2.24, 2.45) is 0 Å². The van der Waals surface area contributed by atoms with E-state index in [1.54, 1.807) is 0 Å². The van der Waals surface area contributed by atoms with Crippen LogP contribution in [0.25, 0.3) is 0 Å². The topological polar surface area (TPSA) is 211 Å². The van der Waals surface area contributed by atoms with Gasteiger partial charge in [-0.15, -0.1) is 0 Å². The van der Waals surface area contributed by atoms with E-state index in [9.17, 15) is 34.5 Å². The maximum Gasteiger partial charge on any atom is 0.372 e. The van der Waals surface area contributed by atoms with Gasteiger partial charge >= 0.3 is 11.9 Å². The Morgan fingerprint density at radius 3 is 2.00 bits per heavy atom. The summed E-state index contributed by atoms with van der Waals surface area (Å²) in [7, 11) is 0. The molecular formula is C13H21NO11. The van der Waals surface area contributed by atoms with Gasteiger partial charge in [0.1, 0.15) is 18.8 Å². The molecule has 0 fully saturated rings. The Hall–Kier alpha value is -2.12. The predicted molar refractivity (Wildman–Crippen MR) is 76.9 cm³/mol. The zero-order valence-electron chi connectivity index (χ0n) is 13.2. The van der Waals surface area contributed by atoms with Crippen LogP contribution in [0.3, 0.4) is 0 Å². The average Bonchev–Trinajstić information content (AvgIpc) is 2.55. The van der Waals surface area contributed by atoms with Crippen LogP contribution < -0.4 is 5.32 Å². The molecule has 12 heteroatoms. The summed E-state index contributed by atoms with van der Waals surface area (Å²) in [6.45, 7) is -1.01. The molecule has 0 saturated carbocycles. The minimum atomic E-state index is -2.08. The lowest BCUT2D eigenvalue weighted by molar-refractivity contribution is -0.165. The minimum absolute atomic E-state index is 0.900. The van der Waals surface area contributed by atoms with E-state index in [4.69, 9.17) is 15.3 Å². The van der Waals surface area contributed by atoms with Crippen molar-refractivity contribution in [2.45, 2.75) is 43.8 Å². The monoisotopic (exact) mass is 367 g/mol. The van der Waals surface area contributed by atoms with E-state index in [0.717, 1.165) is 6.92 Å². The predicted octanol–water partition coefficient (Wildman–Crippen LogP) is -4.49. The summed E-state index contributed by atoms with van der Waals surface area (Å²) in [5.74, 6) is -5.31. The molecule has 0 rings (SSSR count). The van der Waals surface area contributed by atoms with Crippen LogP contribution >= 0.6 is 0 Å².